The standard InChI is InChI=1S/C27H29FN6O/c1-19-14-20(2)16-23(15-19)34-25(31-24-4-3-9-29-26(24)34)18-32-10-12-33(13-11-32)27(35)30-17-21-5-7-22(28)8-6-21/h3-9,14-16H,10-13,17-18H2,1-2H3,(H,30,35). The Balaban J connectivity index is 1.26. The molecule has 2 aromatic heterocycles. The zero-order valence-corrected chi connectivity index (χ0v) is 20.0. The second kappa shape index (κ2) is 9.84. The second-order valence-corrected chi connectivity index (χ2v) is 9.10. The summed E-state index contributed by atoms with van der Waals surface area (Å²) in [5.74, 6) is 0.663. The van der Waals surface area contributed by atoms with E-state index in [1.807, 2.05) is 17.0 Å². The van der Waals surface area contributed by atoms with Gasteiger partial charge in [0.1, 0.15) is 17.2 Å². The Morgan fingerprint density at radius 1 is 1.00 bits per heavy atom. The molecular weight excluding hydrogens is 443 g/mol. The van der Waals surface area contributed by atoms with Gasteiger partial charge in [0.15, 0.2) is 5.65 Å². The molecule has 2 aromatic carbocycles. The number of piperazine rings is 1. The lowest BCUT2D eigenvalue weighted by Gasteiger charge is -2.34. The number of hydrogen-bond donors (Lipinski definition) is 1. The Morgan fingerprint density at radius 3 is 2.43 bits per heavy atom. The molecule has 1 aliphatic rings. The minimum Gasteiger partial charge on any atom is -0.334 e. The van der Waals surface area contributed by atoms with Crippen LogP contribution < -0.4 is 5.32 Å². The summed E-state index contributed by atoms with van der Waals surface area (Å²) in [5.41, 5.74) is 6.06. The molecule has 1 aliphatic heterocycles. The molecule has 1 fully saturated rings. The zero-order chi connectivity index (χ0) is 24.4. The summed E-state index contributed by atoms with van der Waals surface area (Å²) in [6.45, 7) is 8.04. The summed E-state index contributed by atoms with van der Waals surface area (Å²) >= 11 is 0. The predicted molar refractivity (Wildman–Crippen MR) is 134 cm³/mol. The van der Waals surface area contributed by atoms with Crippen molar-refractivity contribution in [3.8, 4) is 5.69 Å². The SMILES string of the molecule is Cc1cc(C)cc(-n2c(CN3CCN(C(=O)NCc4ccc(F)cc4)CC3)nc3cccnc32)c1. The first-order chi connectivity index (χ1) is 17.0. The lowest BCUT2D eigenvalue weighted by Crippen LogP contribution is -2.51. The smallest absolute Gasteiger partial charge is 0.317 e. The van der Waals surface area contributed by atoms with E-state index >= 15 is 0 Å². The van der Waals surface area contributed by atoms with Gasteiger partial charge in [-0.1, -0.05) is 18.2 Å². The van der Waals surface area contributed by atoms with Crippen LogP contribution >= 0.6 is 0 Å². The van der Waals surface area contributed by atoms with E-state index in [0.29, 0.717) is 26.2 Å². The Labute approximate surface area is 204 Å². The third kappa shape index (κ3) is 5.17. The third-order valence-corrected chi connectivity index (χ3v) is 6.33. The molecule has 7 nitrogen and oxygen atoms in total. The van der Waals surface area contributed by atoms with Crippen LogP contribution in [0.15, 0.2) is 60.8 Å². The third-order valence-electron chi connectivity index (χ3n) is 6.33. The first-order valence-electron chi connectivity index (χ1n) is 11.9. The molecule has 0 radical (unpaired) electrons. The molecule has 4 aromatic rings. The number of aryl methyl sites for hydroxylation is 2. The van der Waals surface area contributed by atoms with Gasteiger partial charge in [0.05, 0.1) is 6.54 Å². The van der Waals surface area contributed by atoms with Crippen molar-refractivity contribution < 1.29 is 9.18 Å². The van der Waals surface area contributed by atoms with Crippen molar-refractivity contribution in [1.82, 2.24) is 29.7 Å². The molecule has 0 spiro atoms. The Hall–Kier alpha value is -3.78. The summed E-state index contributed by atoms with van der Waals surface area (Å²) < 4.78 is 15.2. The van der Waals surface area contributed by atoms with Crippen molar-refractivity contribution >= 4 is 17.2 Å². The average molecular weight is 473 g/mol. The number of hydrogen-bond acceptors (Lipinski definition) is 4. The lowest BCUT2D eigenvalue weighted by molar-refractivity contribution is 0.133. The fourth-order valence-electron chi connectivity index (χ4n) is 4.62. The van der Waals surface area contributed by atoms with Gasteiger partial charge in [-0.2, -0.15) is 0 Å². The first-order valence-corrected chi connectivity index (χ1v) is 11.9. The van der Waals surface area contributed by atoms with Gasteiger partial charge in [-0.25, -0.2) is 19.2 Å². The molecule has 0 aliphatic carbocycles. The van der Waals surface area contributed by atoms with E-state index in [-0.39, 0.29) is 11.8 Å². The molecule has 5 rings (SSSR count). The van der Waals surface area contributed by atoms with Crippen molar-refractivity contribution in [2.24, 2.45) is 0 Å². The molecule has 3 heterocycles. The largest absolute Gasteiger partial charge is 0.334 e. The molecule has 0 atom stereocenters. The highest BCUT2D eigenvalue weighted by molar-refractivity contribution is 5.75. The van der Waals surface area contributed by atoms with Crippen LogP contribution in [-0.2, 0) is 13.1 Å². The van der Waals surface area contributed by atoms with Crippen molar-refractivity contribution in [2.75, 3.05) is 26.2 Å². The summed E-state index contributed by atoms with van der Waals surface area (Å²) in [6, 6.07) is 16.5. The monoisotopic (exact) mass is 472 g/mol. The topological polar surface area (TPSA) is 66.3 Å². The van der Waals surface area contributed by atoms with Gasteiger partial charge >= 0.3 is 6.03 Å². The number of aromatic nitrogens is 3. The summed E-state index contributed by atoms with van der Waals surface area (Å²) in [4.78, 5) is 26.3. The van der Waals surface area contributed by atoms with Gasteiger partial charge in [0, 0.05) is 44.6 Å². The molecule has 2 amide bonds. The molecule has 0 saturated carbocycles. The molecular formula is C27H29FN6O. The summed E-state index contributed by atoms with van der Waals surface area (Å²) in [7, 11) is 0. The summed E-state index contributed by atoms with van der Waals surface area (Å²) in [5, 5.41) is 2.93. The second-order valence-electron chi connectivity index (χ2n) is 9.10. The van der Waals surface area contributed by atoms with Crippen LogP contribution in [0.3, 0.4) is 0 Å². The van der Waals surface area contributed by atoms with Crippen LogP contribution in [0.4, 0.5) is 9.18 Å². The number of fused-ring (bicyclic) bond motifs is 1. The maximum Gasteiger partial charge on any atom is 0.317 e. The predicted octanol–water partition coefficient (Wildman–Crippen LogP) is 4.20. The van der Waals surface area contributed by atoms with Crippen LogP contribution in [0, 0.1) is 19.7 Å². The van der Waals surface area contributed by atoms with Gasteiger partial charge in [-0.3, -0.25) is 9.47 Å². The van der Waals surface area contributed by atoms with E-state index in [4.69, 9.17) is 4.98 Å². The number of benzene rings is 2. The number of amides is 2. The van der Waals surface area contributed by atoms with Gasteiger partial charge in [-0.05, 0) is 66.9 Å². The van der Waals surface area contributed by atoms with E-state index in [0.717, 1.165) is 41.3 Å². The van der Waals surface area contributed by atoms with Gasteiger partial charge in [0.25, 0.3) is 0 Å². The number of nitrogens with one attached hydrogen (secondary N) is 1. The number of pyridine rings is 1. The van der Waals surface area contributed by atoms with Crippen LogP contribution in [0.1, 0.15) is 22.5 Å². The van der Waals surface area contributed by atoms with E-state index in [1.165, 1.54) is 23.3 Å². The average Bonchev–Trinajstić information content (AvgIpc) is 3.21. The minimum atomic E-state index is -0.280. The van der Waals surface area contributed by atoms with E-state index in [2.05, 4.69) is 51.8 Å². The molecule has 1 saturated heterocycles. The van der Waals surface area contributed by atoms with Crippen LogP contribution in [0.2, 0.25) is 0 Å². The number of rotatable bonds is 5. The fraction of sp³-hybridized carbons (Fsp3) is 0.296. The highest BCUT2D eigenvalue weighted by Gasteiger charge is 2.23. The van der Waals surface area contributed by atoms with Gasteiger partial charge in [0.2, 0.25) is 0 Å². The van der Waals surface area contributed by atoms with E-state index < -0.39 is 0 Å². The van der Waals surface area contributed by atoms with Gasteiger partial charge in [-0.15, -0.1) is 0 Å². The fourth-order valence-corrected chi connectivity index (χ4v) is 4.62. The Kier molecular flexibility index (Phi) is 6.46. The van der Waals surface area contributed by atoms with Crippen molar-refractivity contribution in [1.29, 1.82) is 0 Å². The maximum atomic E-state index is 13.1. The Morgan fingerprint density at radius 2 is 1.71 bits per heavy atom. The molecule has 0 unspecified atom stereocenters. The molecule has 180 valence electrons. The van der Waals surface area contributed by atoms with E-state index in [1.54, 1.807) is 18.3 Å². The molecule has 0 bridgehead atoms. The number of halogens is 1. The zero-order valence-electron chi connectivity index (χ0n) is 20.0. The normalized spacial score (nSPS) is 14.4. The highest BCUT2D eigenvalue weighted by atomic mass is 19.1. The quantitative estimate of drug-likeness (QED) is 0.473. The van der Waals surface area contributed by atoms with E-state index in [9.17, 15) is 9.18 Å². The Bertz CT molecular complexity index is 1320. The lowest BCUT2D eigenvalue weighted by atomic mass is 10.1. The molecule has 8 heteroatoms. The van der Waals surface area contributed by atoms with Crippen LogP contribution in [0.5, 0.6) is 0 Å². The number of urea groups is 1. The number of imidazole rings is 1. The minimum absolute atomic E-state index is 0.0966. The molecule has 1 N–H and O–H groups in total. The van der Waals surface area contributed by atoms with Gasteiger partial charge < -0.3 is 10.2 Å². The van der Waals surface area contributed by atoms with Crippen LogP contribution in [0.25, 0.3) is 16.9 Å². The summed E-state index contributed by atoms with van der Waals surface area (Å²) in [6.07, 6.45) is 1.80. The van der Waals surface area contributed by atoms with Crippen molar-refractivity contribution in [3.63, 3.8) is 0 Å². The maximum absolute atomic E-state index is 13.1. The van der Waals surface area contributed by atoms with Crippen molar-refractivity contribution in [3.05, 3.63) is 89.1 Å². The number of carbonyl (C=O) groups excluding carboxylic acids is 1. The number of nitrogens with zero attached hydrogens (tertiary/aromatic N) is 5. The molecule has 35 heavy (non-hydrogen) atoms. The van der Waals surface area contributed by atoms with Crippen molar-refractivity contribution in [2.45, 2.75) is 26.9 Å². The van der Waals surface area contributed by atoms with Crippen LogP contribution in [-0.4, -0.2) is 56.5 Å². The highest BCUT2D eigenvalue weighted by Crippen LogP contribution is 2.23. The first kappa shape index (κ1) is 23.0. The number of carbonyl (C=O) groups is 1.